The zero-order valence-electron chi connectivity index (χ0n) is 9.82. The minimum atomic E-state index is 0.698. The predicted octanol–water partition coefficient (Wildman–Crippen LogP) is 2.97. The third-order valence-electron chi connectivity index (χ3n) is 2.58. The Morgan fingerprint density at radius 3 is 2.65 bits per heavy atom. The van der Waals surface area contributed by atoms with Crippen molar-refractivity contribution in [2.75, 3.05) is 0 Å². The maximum absolute atomic E-state index is 5.99. The topological polar surface area (TPSA) is 35.6 Å². The van der Waals surface area contributed by atoms with Gasteiger partial charge in [-0.2, -0.15) is 10.2 Å². The molecule has 0 bridgehead atoms. The maximum atomic E-state index is 5.99. The molecule has 17 heavy (non-hydrogen) atoms. The lowest BCUT2D eigenvalue weighted by molar-refractivity contribution is 0.572. The normalized spacial score (nSPS) is 11.1. The van der Waals surface area contributed by atoms with Crippen molar-refractivity contribution < 1.29 is 0 Å². The number of hydrogen-bond donors (Lipinski definition) is 0. The van der Waals surface area contributed by atoms with Gasteiger partial charge in [0.1, 0.15) is 3.70 Å². The van der Waals surface area contributed by atoms with Crippen molar-refractivity contribution in [1.82, 2.24) is 19.6 Å². The molecule has 0 N–H and O–H groups in total. The van der Waals surface area contributed by atoms with Gasteiger partial charge in [-0.25, -0.2) is 0 Å². The van der Waals surface area contributed by atoms with Gasteiger partial charge in [0.2, 0.25) is 0 Å². The largest absolute Gasteiger partial charge is 0.268 e. The van der Waals surface area contributed by atoms with Gasteiger partial charge in [-0.1, -0.05) is 18.5 Å². The fourth-order valence-electron chi connectivity index (χ4n) is 1.71. The van der Waals surface area contributed by atoms with Crippen molar-refractivity contribution in [3.8, 4) is 0 Å². The van der Waals surface area contributed by atoms with Crippen LogP contribution in [0.2, 0.25) is 5.02 Å². The molecule has 92 valence electrons. The molecule has 2 aromatic heterocycles. The molecule has 0 aromatic carbocycles. The molecule has 0 amide bonds. The molecule has 0 fully saturated rings. The van der Waals surface area contributed by atoms with Crippen molar-refractivity contribution in [3.05, 3.63) is 32.4 Å². The molecule has 0 aliphatic rings. The van der Waals surface area contributed by atoms with E-state index in [-0.39, 0.29) is 0 Å². The number of hydrogen-bond acceptors (Lipinski definition) is 2. The minimum Gasteiger partial charge on any atom is -0.268 e. The van der Waals surface area contributed by atoms with Crippen LogP contribution >= 0.6 is 34.2 Å². The van der Waals surface area contributed by atoms with Crippen LogP contribution in [0.5, 0.6) is 0 Å². The van der Waals surface area contributed by atoms with Crippen LogP contribution in [0.1, 0.15) is 25.2 Å². The van der Waals surface area contributed by atoms with Gasteiger partial charge in [-0.15, -0.1) is 0 Å². The van der Waals surface area contributed by atoms with Crippen LogP contribution in [-0.4, -0.2) is 19.6 Å². The fourth-order valence-corrected chi connectivity index (χ4v) is 2.28. The smallest absolute Gasteiger partial charge is 0.141 e. The Kier molecular flexibility index (Phi) is 4.09. The predicted molar refractivity (Wildman–Crippen MR) is 76.3 cm³/mol. The van der Waals surface area contributed by atoms with Crippen molar-refractivity contribution in [1.29, 1.82) is 0 Å². The Morgan fingerprint density at radius 2 is 2.12 bits per heavy atom. The fraction of sp³-hybridized carbons (Fsp3) is 0.455. The highest BCUT2D eigenvalue weighted by molar-refractivity contribution is 14.1. The molecule has 0 saturated heterocycles. The number of nitrogens with zero attached hydrogens (tertiary/aromatic N) is 4. The van der Waals surface area contributed by atoms with E-state index in [0.717, 1.165) is 22.4 Å². The number of rotatable bonds is 4. The van der Waals surface area contributed by atoms with Crippen LogP contribution in [0.3, 0.4) is 0 Å². The van der Waals surface area contributed by atoms with Gasteiger partial charge >= 0.3 is 0 Å². The zero-order valence-corrected chi connectivity index (χ0v) is 12.7. The van der Waals surface area contributed by atoms with Gasteiger partial charge < -0.3 is 0 Å². The maximum Gasteiger partial charge on any atom is 0.141 e. The molecule has 0 atom stereocenters. The first-order valence-corrected chi connectivity index (χ1v) is 7.03. The molecule has 2 rings (SSSR count). The summed E-state index contributed by atoms with van der Waals surface area (Å²) < 4.78 is 4.70. The van der Waals surface area contributed by atoms with Crippen molar-refractivity contribution >= 4 is 34.2 Å². The van der Waals surface area contributed by atoms with E-state index in [2.05, 4.69) is 52.7 Å². The Morgan fingerprint density at radius 1 is 1.35 bits per heavy atom. The van der Waals surface area contributed by atoms with E-state index in [1.807, 2.05) is 15.6 Å². The molecule has 2 aromatic rings. The molecular weight excluding hydrogens is 351 g/mol. The van der Waals surface area contributed by atoms with Crippen LogP contribution in [-0.2, 0) is 19.5 Å². The molecule has 0 spiro atoms. The summed E-state index contributed by atoms with van der Waals surface area (Å²) in [7, 11) is 0. The molecular formula is C11H14ClIN4. The molecule has 0 aliphatic heterocycles. The minimum absolute atomic E-state index is 0.698. The summed E-state index contributed by atoms with van der Waals surface area (Å²) in [5, 5.41) is 9.56. The average Bonchev–Trinajstić information content (AvgIpc) is 2.84. The Hall–Kier alpha value is -0.560. The van der Waals surface area contributed by atoms with E-state index in [4.69, 9.17) is 11.6 Å². The average molecular weight is 365 g/mol. The number of aryl methyl sites for hydroxylation is 2. The van der Waals surface area contributed by atoms with Gasteiger partial charge in [-0.3, -0.25) is 9.36 Å². The monoisotopic (exact) mass is 364 g/mol. The molecule has 2 heterocycles. The summed E-state index contributed by atoms with van der Waals surface area (Å²) in [4.78, 5) is 0. The van der Waals surface area contributed by atoms with Gasteiger partial charge in [0, 0.05) is 12.7 Å². The SMILES string of the molecule is CCc1cc(Cn2cc(Cl)c(I)n2)n(CC)n1. The standard InChI is InChI=1S/C11H14ClIN4/c1-3-8-5-9(17(4-2)14-8)6-16-7-10(12)11(13)15-16/h5,7H,3-4,6H2,1-2H3. The highest BCUT2D eigenvalue weighted by Gasteiger charge is 2.09. The third-order valence-corrected chi connectivity index (χ3v) is 3.97. The van der Waals surface area contributed by atoms with E-state index in [9.17, 15) is 0 Å². The van der Waals surface area contributed by atoms with Crippen LogP contribution in [0.4, 0.5) is 0 Å². The molecule has 0 radical (unpaired) electrons. The Labute approximate surface area is 119 Å². The van der Waals surface area contributed by atoms with Gasteiger partial charge in [0.25, 0.3) is 0 Å². The molecule has 6 heteroatoms. The van der Waals surface area contributed by atoms with Crippen LogP contribution in [0, 0.1) is 3.70 Å². The van der Waals surface area contributed by atoms with E-state index >= 15 is 0 Å². The molecule has 0 unspecified atom stereocenters. The summed E-state index contributed by atoms with van der Waals surface area (Å²) in [6.45, 7) is 5.79. The Balaban J connectivity index is 2.25. The summed E-state index contributed by atoms with van der Waals surface area (Å²) in [5.74, 6) is 0. The van der Waals surface area contributed by atoms with Crippen LogP contribution in [0.15, 0.2) is 12.3 Å². The number of halogens is 2. The molecule has 0 saturated carbocycles. The van der Waals surface area contributed by atoms with Gasteiger partial charge in [-0.05, 0) is 42.0 Å². The molecule has 0 aliphatic carbocycles. The highest BCUT2D eigenvalue weighted by atomic mass is 127. The lowest BCUT2D eigenvalue weighted by Gasteiger charge is -2.04. The second kappa shape index (κ2) is 5.39. The summed E-state index contributed by atoms with van der Waals surface area (Å²) in [6.07, 6.45) is 2.80. The number of aromatic nitrogens is 4. The second-order valence-corrected chi connectivity index (χ2v) is 5.19. The lowest BCUT2D eigenvalue weighted by atomic mass is 10.3. The van der Waals surface area contributed by atoms with E-state index < -0.39 is 0 Å². The Bertz CT molecular complexity index is 498. The van der Waals surface area contributed by atoms with Crippen molar-refractivity contribution in [2.24, 2.45) is 0 Å². The van der Waals surface area contributed by atoms with Crippen LogP contribution in [0.25, 0.3) is 0 Å². The summed E-state index contributed by atoms with van der Waals surface area (Å²) in [6, 6.07) is 2.13. The summed E-state index contributed by atoms with van der Waals surface area (Å²) in [5.41, 5.74) is 2.29. The lowest BCUT2D eigenvalue weighted by Crippen LogP contribution is -2.08. The van der Waals surface area contributed by atoms with E-state index in [0.29, 0.717) is 11.6 Å². The first kappa shape index (κ1) is 12.9. The summed E-state index contributed by atoms with van der Waals surface area (Å²) >= 11 is 8.12. The second-order valence-electron chi connectivity index (χ2n) is 3.76. The quantitative estimate of drug-likeness (QED) is 0.782. The van der Waals surface area contributed by atoms with E-state index in [1.165, 1.54) is 5.69 Å². The van der Waals surface area contributed by atoms with Crippen LogP contribution < -0.4 is 0 Å². The molecule has 4 nitrogen and oxygen atoms in total. The van der Waals surface area contributed by atoms with Crippen molar-refractivity contribution in [3.63, 3.8) is 0 Å². The first-order chi connectivity index (χ1) is 8.13. The first-order valence-electron chi connectivity index (χ1n) is 5.58. The van der Waals surface area contributed by atoms with Crippen molar-refractivity contribution in [2.45, 2.75) is 33.4 Å². The third kappa shape index (κ3) is 2.82. The highest BCUT2D eigenvalue weighted by Crippen LogP contribution is 2.17. The zero-order chi connectivity index (χ0) is 12.4. The van der Waals surface area contributed by atoms with Gasteiger partial charge in [0.15, 0.2) is 0 Å². The van der Waals surface area contributed by atoms with E-state index in [1.54, 1.807) is 0 Å². The van der Waals surface area contributed by atoms with Gasteiger partial charge in [0.05, 0.1) is 23.0 Å².